The molecule has 31 heavy (non-hydrogen) atoms. The molecular formula is C23H35N3O5. The molecule has 1 aromatic carbocycles. The molecule has 0 unspecified atom stereocenters. The molecule has 2 amide bonds. The monoisotopic (exact) mass is 433 g/mol. The quantitative estimate of drug-likeness (QED) is 0.656. The molecule has 0 aromatic heterocycles. The summed E-state index contributed by atoms with van der Waals surface area (Å²) in [5, 5.41) is 6.01. The van der Waals surface area contributed by atoms with Crippen LogP contribution in [-0.2, 0) is 9.47 Å². The van der Waals surface area contributed by atoms with Gasteiger partial charge in [-0.3, -0.25) is 4.90 Å². The van der Waals surface area contributed by atoms with E-state index >= 15 is 0 Å². The lowest BCUT2D eigenvalue weighted by Gasteiger charge is -2.37. The summed E-state index contributed by atoms with van der Waals surface area (Å²) in [7, 11) is 1.63. The molecule has 2 aliphatic heterocycles. The van der Waals surface area contributed by atoms with Crippen LogP contribution in [0.1, 0.15) is 32.1 Å². The van der Waals surface area contributed by atoms with Gasteiger partial charge in [0, 0.05) is 50.0 Å². The fourth-order valence-corrected chi connectivity index (χ4v) is 4.76. The summed E-state index contributed by atoms with van der Waals surface area (Å²) in [6.45, 7) is 5.41. The molecule has 0 bridgehead atoms. The summed E-state index contributed by atoms with van der Waals surface area (Å²) >= 11 is 0. The third-order valence-electron chi connectivity index (χ3n) is 6.51. The van der Waals surface area contributed by atoms with Gasteiger partial charge in [-0.25, -0.2) is 4.79 Å². The lowest BCUT2D eigenvalue weighted by atomic mass is 9.97. The number of amides is 2. The first-order valence-corrected chi connectivity index (χ1v) is 11.5. The topological polar surface area (TPSA) is 81.3 Å². The molecule has 2 heterocycles. The van der Waals surface area contributed by atoms with Gasteiger partial charge in [0.2, 0.25) is 0 Å². The van der Waals surface area contributed by atoms with E-state index in [0.29, 0.717) is 29.6 Å². The number of carbonyl (C=O) groups is 1. The Morgan fingerprint density at radius 1 is 1.13 bits per heavy atom. The van der Waals surface area contributed by atoms with Gasteiger partial charge in [-0.05, 0) is 44.2 Å². The minimum absolute atomic E-state index is 0.214. The van der Waals surface area contributed by atoms with E-state index in [1.165, 1.54) is 12.8 Å². The Morgan fingerprint density at radius 2 is 1.94 bits per heavy atom. The van der Waals surface area contributed by atoms with Crippen LogP contribution in [0.4, 0.5) is 10.5 Å². The Labute approximate surface area is 184 Å². The Morgan fingerprint density at radius 3 is 2.65 bits per heavy atom. The van der Waals surface area contributed by atoms with Gasteiger partial charge >= 0.3 is 6.03 Å². The second-order valence-corrected chi connectivity index (χ2v) is 8.56. The number of ether oxygens (including phenoxy) is 4. The molecule has 2 N–H and O–H groups in total. The van der Waals surface area contributed by atoms with Crippen molar-refractivity contribution in [1.82, 2.24) is 10.2 Å². The summed E-state index contributed by atoms with van der Waals surface area (Å²) in [4.78, 5) is 15.1. The minimum atomic E-state index is -0.214. The van der Waals surface area contributed by atoms with E-state index in [2.05, 4.69) is 15.5 Å². The van der Waals surface area contributed by atoms with Gasteiger partial charge in [0.1, 0.15) is 0 Å². The molecule has 2 saturated heterocycles. The van der Waals surface area contributed by atoms with Gasteiger partial charge in [-0.1, -0.05) is 0 Å². The van der Waals surface area contributed by atoms with E-state index in [9.17, 15) is 4.79 Å². The average Bonchev–Trinajstić information content (AvgIpc) is 3.50. The molecule has 3 aliphatic rings. The van der Waals surface area contributed by atoms with Crippen LogP contribution in [0, 0.1) is 5.92 Å². The second kappa shape index (κ2) is 11.0. The Balaban J connectivity index is 1.34. The number of hydrogen-bond acceptors (Lipinski definition) is 6. The predicted octanol–water partition coefficient (Wildman–Crippen LogP) is 2.88. The van der Waals surface area contributed by atoms with Gasteiger partial charge in [0.15, 0.2) is 11.5 Å². The highest BCUT2D eigenvalue weighted by molar-refractivity contribution is 5.89. The standard InChI is InChI=1S/C23H35N3O5/c1-28-21-7-6-18(14-22(21)31-19-4-2-3-5-19)25-23(27)24-15-20(17-8-11-30-16-17)26-9-12-29-13-10-26/h6-7,14,17,19-20H,2-5,8-13,15-16H2,1H3,(H2,24,25,27)/t17-,20-/m0/s1. The number of nitrogens with zero attached hydrogens (tertiary/aromatic N) is 1. The van der Waals surface area contributed by atoms with Crippen molar-refractivity contribution in [2.75, 3.05) is 58.5 Å². The highest BCUT2D eigenvalue weighted by Gasteiger charge is 2.31. The van der Waals surface area contributed by atoms with Crippen LogP contribution in [0.25, 0.3) is 0 Å². The van der Waals surface area contributed by atoms with E-state index < -0.39 is 0 Å². The van der Waals surface area contributed by atoms with E-state index in [4.69, 9.17) is 18.9 Å². The summed E-state index contributed by atoms with van der Waals surface area (Å²) in [5.74, 6) is 1.80. The molecule has 0 spiro atoms. The maximum Gasteiger partial charge on any atom is 0.319 e. The summed E-state index contributed by atoms with van der Waals surface area (Å²) in [5.41, 5.74) is 0.693. The number of methoxy groups -OCH3 is 1. The molecule has 4 rings (SSSR count). The fourth-order valence-electron chi connectivity index (χ4n) is 4.76. The Kier molecular flexibility index (Phi) is 7.88. The number of benzene rings is 1. The maximum atomic E-state index is 12.7. The highest BCUT2D eigenvalue weighted by Crippen LogP contribution is 2.34. The van der Waals surface area contributed by atoms with Gasteiger partial charge in [-0.15, -0.1) is 0 Å². The van der Waals surface area contributed by atoms with Crippen molar-refractivity contribution in [2.24, 2.45) is 5.92 Å². The molecule has 0 radical (unpaired) electrons. The first kappa shape index (κ1) is 22.2. The van der Waals surface area contributed by atoms with Crippen molar-refractivity contribution in [3.05, 3.63) is 18.2 Å². The number of nitrogens with one attached hydrogen (secondary N) is 2. The number of hydrogen-bond donors (Lipinski definition) is 2. The van der Waals surface area contributed by atoms with E-state index in [1.54, 1.807) is 7.11 Å². The van der Waals surface area contributed by atoms with Crippen molar-refractivity contribution in [2.45, 2.75) is 44.2 Å². The lowest BCUT2D eigenvalue weighted by molar-refractivity contribution is 0.00222. The van der Waals surface area contributed by atoms with E-state index in [1.807, 2.05) is 18.2 Å². The van der Waals surface area contributed by atoms with Crippen LogP contribution < -0.4 is 20.1 Å². The molecule has 1 aromatic rings. The van der Waals surface area contributed by atoms with Crippen LogP contribution in [0.2, 0.25) is 0 Å². The van der Waals surface area contributed by atoms with Gasteiger partial charge in [-0.2, -0.15) is 0 Å². The summed E-state index contributed by atoms with van der Waals surface area (Å²) in [6, 6.07) is 5.57. The second-order valence-electron chi connectivity index (χ2n) is 8.56. The predicted molar refractivity (Wildman–Crippen MR) is 118 cm³/mol. The molecule has 8 heteroatoms. The minimum Gasteiger partial charge on any atom is -0.493 e. The zero-order valence-corrected chi connectivity index (χ0v) is 18.4. The van der Waals surface area contributed by atoms with E-state index in [-0.39, 0.29) is 18.2 Å². The van der Waals surface area contributed by atoms with Crippen molar-refractivity contribution in [1.29, 1.82) is 0 Å². The largest absolute Gasteiger partial charge is 0.493 e. The highest BCUT2D eigenvalue weighted by atomic mass is 16.5. The zero-order chi connectivity index (χ0) is 21.5. The fraction of sp³-hybridized carbons (Fsp3) is 0.696. The molecule has 1 saturated carbocycles. The SMILES string of the molecule is COc1ccc(NC(=O)NC[C@@H]([C@H]2CCOC2)N2CCOCC2)cc1OC1CCCC1. The van der Waals surface area contributed by atoms with Crippen molar-refractivity contribution in [3.8, 4) is 11.5 Å². The smallest absolute Gasteiger partial charge is 0.319 e. The van der Waals surface area contributed by atoms with Crippen LogP contribution >= 0.6 is 0 Å². The average molecular weight is 434 g/mol. The Bertz CT molecular complexity index is 713. The van der Waals surface area contributed by atoms with Crippen LogP contribution in [0.5, 0.6) is 11.5 Å². The molecule has 2 atom stereocenters. The summed E-state index contributed by atoms with van der Waals surface area (Å²) < 4.78 is 22.7. The van der Waals surface area contributed by atoms with Crippen LogP contribution in [0.15, 0.2) is 18.2 Å². The van der Waals surface area contributed by atoms with Crippen LogP contribution in [-0.4, -0.2) is 76.2 Å². The van der Waals surface area contributed by atoms with Gasteiger partial charge in [0.25, 0.3) is 0 Å². The normalized spacial score (nSPS) is 23.5. The number of anilines is 1. The third-order valence-corrected chi connectivity index (χ3v) is 6.51. The van der Waals surface area contributed by atoms with Gasteiger partial charge < -0.3 is 29.6 Å². The maximum absolute atomic E-state index is 12.7. The van der Waals surface area contributed by atoms with Gasteiger partial charge in [0.05, 0.1) is 33.0 Å². The van der Waals surface area contributed by atoms with Crippen molar-refractivity contribution >= 4 is 11.7 Å². The summed E-state index contributed by atoms with van der Waals surface area (Å²) in [6.07, 6.45) is 5.78. The number of carbonyl (C=O) groups excluding carboxylic acids is 1. The lowest BCUT2D eigenvalue weighted by Crippen LogP contribution is -2.52. The first-order chi connectivity index (χ1) is 15.2. The molecule has 1 aliphatic carbocycles. The Hall–Kier alpha value is -2.03. The molecule has 8 nitrogen and oxygen atoms in total. The molecular weight excluding hydrogens is 398 g/mol. The molecule has 172 valence electrons. The molecule has 3 fully saturated rings. The van der Waals surface area contributed by atoms with E-state index in [0.717, 1.165) is 58.8 Å². The van der Waals surface area contributed by atoms with Crippen molar-refractivity contribution in [3.63, 3.8) is 0 Å². The zero-order valence-electron chi connectivity index (χ0n) is 18.4. The number of rotatable bonds is 8. The first-order valence-electron chi connectivity index (χ1n) is 11.5. The van der Waals surface area contributed by atoms with Crippen LogP contribution in [0.3, 0.4) is 0 Å². The third kappa shape index (κ3) is 6.02. The number of urea groups is 1. The number of morpholine rings is 1. The van der Waals surface area contributed by atoms with Crippen molar-refractivity contribution < 1.29 is 23.7 Å².